The molecular formula is C16H25NO4. The number of rotatable bonds is 9. The molecule has 1 aliphatic heterocycles. The van der Waals surface area contributed by atoms with Crippen LogP contribution in [-0.2, 0) is 9.47 Å². The van der Waals surface area contributed by atoms with Crippen molar-refractivity contribution in [2.75, 3.05) is 33.7 Å². The Balaban J connectivity index is 2.00. The zero-order valence-electron chi connectivity index (χ0n) is 13.1. The van der Waals surface area contributed by atoms with Crippen LogP contribution in [0.1, 0.15) is 31.9 Å². The largest absolute Gasteiger partial charge is 0.454 e. The average molecular weight is 295 g/mol. The van der Waals surface area contributed by atoms with Gasteiger partial charge in [-0.05, 0) is 37.6 Å². The van der Waals surface area contributed by atoms with E-state index in [0.717, 1.165) is 30.0 Å². The second-order valence-electron chi connectivity index (χ2n) is 5.22. The van der Waals surface area contributed by atoms with Crippen LogP contribution in [0.5, 0.6) is 11.5 Å². The molecule has 2 atom stereocenters. The van der Waals surface area contributed by atoms with Crippen molar-refractivity contribution in [2.45, 2.75) is 32.4 Å². The van der Waals surface area contributed by atoms with Gasteiger partial charge in [0, 0.05) is 7.11 Å². The van der Waals surface area contributed by atoms with E-state index < -0.39 is 0 Å². The van der Waals surface area contributed by atoms with Crippen LogP contribution >= 0.6 is 0 Å². The fraction of sp³-hybridized carbons (Fsp3) is 0.625. The Morgan fingerprint density at radius 2 is 2.05 bits per heavy atom. The Hall–Kier alpha value is -1.30. The fourth-order valence-electron chi connectivity index (χ4n) is 2.26. The number of fused-ring (bicyclic) bond motifs is 1. The van der Waals surface area contributed by atoms with E-state index >= 15 is 0 Å². The van der Waals surface area contributed by atoms with Gasteiger partial charge in [0.1, 0.15) is 0 Å². The highest BCUT2D eigenvalue weighted by atomic mass is 16.7. The van der Waals surface area contributed by atoms with E-state index in [0.29, 0.717) is 20.0 Å². The third-order valence-corrected chi connectivity index (χ3v) is 3.39. The maximum absolute atomic E-state index is 5.86. The molecule has 1 aromatic rings. The van der Waals surface area contributed by atoms with Crippen molar-refractivity contribution in [3.05, 3.63) is 23.8 Å². The first-order chi connectivity index (χ1) is 10.2. The highest BCUT2D eigenvalue weighted by Crippen LogP contribution is 2.34. The second-order valence-corrected chi connectivity index (χ2v) is 5.22. The first kappa shape index (κ1) is 16.1. The summed E-state index contributed by atoms with van der Waals surface area (Å²) in [7, 11) is 1.69. The van der Waals surface area contributed by atoms with Crippen LogP contribution in [0.15, 0.2) is 18.2 Å². The molecule has 0 aliphatic carbocycles. The highest BCUT2D eigenvalue weighted by Gasteiger charge is 2.18. The number of ether oxygens (including phenoxy) is 4. The Morgan fingerprint density at radius 1 is 1.24 bits per heavy atom. The third-order valence-electron chi connectivity index (χ3n) is 3.39. The summed E-state index contributed by atoms with van der Waals surface area (Å²) in [5.41, 5.74) is 1.15. The predicted octanol–water partition coefficient (Wildman–Crippen LogP) is 2.51. The van der Waals surface area contributed by atoms with E-state index in [1.807, 2.05) is 19.1 Å². The monoisotopic (exact) mass is 295 g/mol. The summed E-state index contributed by atoms with van der Waals surface area (Å²) >= 11 is 0. The molecule has 2 unspecified atom stereocenters. The SMILES string of the molecule is CCCNC(COC(C)COC)c1ccc2c(c1)OCO2. The van der Waals surface area contributed by atoms with E-state index in [1.165, 1.54) is 0 Å². The van der Waals surface area contributed by atoms with Gasteiger partial charge in [-0.3, -0.25) is 0 Å². The molecule has 0 fully saturated rings. The summed E-state index contributed by atoms with van der Waals surface area (Å²) in [6.45, 7) is 6.61. The quantitative estimate of drug-likeness (QED) is 0.758. The molecule has 2 rings (SSSR count). The van der Waals surface area contributed by atoms with Crippen molar-refractivity contribution in [3.8, 4) is 11.5 Å². The van der Waals surface area contributed by atoms with Crippen LogP contribution in [0.25, 0.3) is 0 Å². The first-order valence-electron chi connectivity index (χ1n) is 7.48. The molecule has 0 radical (unpaired) electrons. The van der Waals surface area contributed by atoms with Crippen molar-refractivity contribution >= 4 is 0 Å². The van der Waals surface area contributed by atoms with Crippen LogP contribution in [0.3, 0.4) is 0 Å². The van der Waals surface area contributed by atoms with E-state index in [4.69, 9.17) is 18.9 Å². The summed E-state index contributed by atoms with van der Waals surface area (Å²) in [5.74, 6) is 1.61. The maximum Gasteiger partial charge on any atom is 0.231 e. The molecule has 1 aliphatic rings. The van der Waals surface area contributed by atoms with Crippen molar-refractivity contribution in [2.24, 2.45) is 0 Å². The Kier molecular flexibility index (Phi) is 6.29. The van der Waals surface area contributed by atoms with Crippen LogP contribution in [0, 0.1) is 0 Å². The van der Waals surface area contributed by atoms with Gasteiger partial charge in [0.2, 0.25) is 6.79 Å². The second kappa shape index (κ2) is 8.22. The van der Waals surface area contributed by atoms with Crippen molar-refractivity contribution in [1.82, 2.24) is 5.32 Å². The van der Waals surface area contributed by atoms with Crippen LogP contribution < -0.4 is 14.8 Å². The summed E-state index contributed by atoms with van der Waals surface area (Å²) in [6, 6.07) is 6.18. The summed E-state index contributed by atoms with van der Waals surface area (Å²) in [6.07, 6.45) is 1.16. The molecule has 0 saturated heterocycles. The van der Waals surface area contributed by atoms with E-state index in [2.05, 4.69) is 18.3 Å². The number of hydrogen-bond donors (Lipinski definition) is 1. The summed E-state index contributed by atoms with van der Waals surface area (Å²) in [4.78, 5) is 0. The van der Waals surface area contributed by atoms with Gasteiger partial charge in [-0.15, -0.1) is 0 Å². The fourth-order valence-corrected chi connectivity index (χ4v) is 2.26. The van der Waals surface area contributed by atoms with Crippen molar-refractivity contribution < 1.29 is 18.9 Å². The molecule has 0 spiro atoms. The molecule has 5 nitrogen and oxygen atoms in total. The van der Waals surface area contributed by atoms with E-state index in [1.54, 1.807) is 7.11 Å². The third kappa shape index (κ3) is 4.59. The normalized spacial score (nSPS) is 16.0. The van der Waals surface area contributed by atoms with Crippen molar-refractivity contribution in [3.63, 3.8) is 0 Å². The first-order valence-corrected chi connectivity index (χ1v) is 7.48. The smallest absolute Gasteiger partial charge is 0.231 e. The number of methoxy groups -OCH3 is 1. The number of hydrogen-bond acceptors (Lipinski definition) is 5. The van der Waals surface area contributed by atoms with Gasteiger partial charge >= 0.3 is 0 Å². The summed E-state index contributed by atoms with van der Waals surface area (Å²) < 4.78 is 21.8. The molecule has 0 amide bonds. The van der Waals surface area contributed by atoms with Gasteiger partial charge in [-0.1, -0.05) is 13.0 Å². The highest BCUT2D eigenvalue weighted by molar-refractivity contribution is 5.45. The predicted molar refractivity (Wildman–Crippen MR) is 80.9 cm³/mol. The molecule has 0 aromatic heterocycles. The Labute approximate surface area is 126 Å². The number of benzene rings is 1. The van der Waals surface area contributed by atoms with Crippen LogP contribution in [0.4, 0.5) is 0 Å². The van der Waals surface area contributed by atoms with Gasteiger partial charge in [-0.25, -0.2) is 0 Å². The number of nitrogens with one attached hydrogen (secondary N) is 1. The Morgan fingerprint density at radius 3 is 2.81 bits per heavy atom. The molecule has 1 N–H and O–H groups in total. The molecule has 0 saturated carbocycles. The average Bonchev–Trinajstić information content (AvgIpc) is 2.95. The molecule has 0 bridgehead atoms. The Bertz CT molecular complexity index is 438. The van der Waals surface area contributed by atoms with E-state index in [-0.39, 0.29) is 12.1 Å². The molecule has 118 valence electrons. The molecule has 1 heterocycles. The lowest BCUT2D eigenvalue weighted by Crippen LogP contribution is -2.29. The minimum atomic E-state index is 0.0786. The summed E-state index contributed by atoms with van der Waals surface area (Å²) in [5, 5.41) is 3.51. The van der Waals surface area contributed by atoms with E-state index in [9.17, 15) is 0 Å². The zero-order valence-corrected chi connectivity index (χ0v) is 13.1. The van der Waals surface area contributed by atoms with Crippen LogP contribution in [-0.4, -0.2) is 39.8 Å². The van der Waals surface area contributed by atoms with Crippen molar-refractivity contribution in [1.29, 1.82) is 0 Å². The lowest BCUT2D eigenvalue weighted by molar-refractivity contribution is -0.000537. The molecular weight excluding hydrogens is 270 g/mol. The minimum absolute atomic E-state index is 0.0786. The maximum atomic E-state index is 5.86. The molecule has 1 aromatic carbocycles. The lowest BCUT2D eigenvalue weighted by atomic mass is 10.1. The lowest BCUT2D eigenvalue weighted by Gasteiger charge is -2.21. The molecule has 21 heavy (non-hydrogen) atoms. The zero-order chi connectivity index (χ0) is 15.1. The minimum Gasteiger partial charge on any atom is -0.454 e. The standard InChI is InChI=1S/C16H25NO4/c1-4-7-17-14(10-19-12(2)9-18-3)13-5-6-15-16(8-13)21-11-20-15/h5-6,8,12,14,17H,4,7,9-11H2,1-3H3. The molecule has 5 heteroatoms. The van der Waals surface area contributed by atoms with Crippen LogP contribution in [0.2, 0.25) is 0 Å². The van der Waals surface area contributed by atoms with Gasteiger partial charge in [0.25, 0.3) is 0 Å². The van der Waals surface area contributed by atoms with Gasteiger partial charge in [0.15, 0.2) is 11.5 Å². The topological polar surface area (TPSA) is 49.0 Å². The van der Waals surface area contributed by atoms with Gasteiger partial charge in [-0.2, -0.15) is 0 Å². The van der Waals surface area contributed by atoms with Gasteiger partial charge < -0.3 is 24.3 Å². The van der Waals surface area contributed by atoms with Gasteiger partial charge in [0.05, 0.1) is 25.4 Å².